The highest BCUT2D eigenvalue weighted by molar-refractivity contribution is 6.03. The molecule has 0 aliphatic carbocycles. The van der Waals surface area contributed by atoms with E-state index >= 15 is 0 Å². The van der Waals surface area contributed by atoms with Crippen LogP contribution in [0.4, 0.5) is 0 Å². The van der Waals surface area contributed by atoms with Crippen molar-refractivity contribution in [1.82, 2.24) is 9.55 Å². The summed E-state index contributed by atoms with van der Waals surface area (Å²) in [6.07, 6.45) is 0.761. The largest absolute Gasteiger partial charge is 0.465 e. The van der Waals surface area contributed by atoms with Gasteiger partial charge in [-0.1, -0.05) is 13.0 Å². The third-order valence-electron chi connectivity index (χ3n) is 3.66. The number of nitrogens with zero attached hydrogens (tertiary/aromatic N) is 2. The zero-order chi connectivity index (χ0) is 18.1. The van der Waals surface area contributed by atoms with Crippen molar-refractivity contribution in [2.75, 3.05) is 7.11 Å². The Labute approximate surface area is 141 Å². The monoisotopic (exact) mass is 332 g/mol. The van der Waals surface area contributed by atoms with Gasteiger partial charge in [-0.2, -0.15) is 0 Å². The highest BCUT2D eigenvalue weighted by atomic mass is 16.6. The molecule has 0 saturated heterocycles. The third-order valence-corrected chi connectivity index (χ3v) is 3.66. The smallest absolute Gasteiger partial charge is 0.340 e. The van der Waals surface area contributed by atoms with Gasteiger partial charge in [-0.15, -0.1) is 0 Å². The molecule has 6 heteroatoms. The van der Waals surface area contributed by atoms with Crippen molar-refractivity contribution in [2.45, 2.75) is 53.2 Å². The third kappa shape index (κ3) is 3.58. The van der Waals surface area contributed by atoms with Crippen LogP contribution >= 0.6 is 0 Å². The number of benzene rings is 1. The quantitative estimate of drug-likeness (QED) is 0.805. The van der Waals surface area contributed by atoms with Gasteiger partial charge in [0.25, 0.3) is 0 Å². The van der Waals surface area contributed by atoms with Gasteiger partial charge >= 0.3 is 11.9 Å². The van der Waals surface area contributed by atoms with Crippen molar-refractivity contribution in [3.8, 4) is 0 Å². The van der Waals surface area contributed by atoms with E-state index in [2.05, 4.69) is 4.98 Å². The molecule has 1 heterocycles. The molecule has 0 spiro atoms. The number of esters is 2. The first-order valence-corrected chi connectivity index (χ1v) is 7.96. The van der Waals surface area contributed by atoms with Gasteiger partial charge in [0.2, 0.25) is 0 Å². The predicted octanol–water partition coefficient (Wildman–Crippen LogP) is 3.04. The molecule has 2 rings (SSSR count). The molecule has 0 aliphatic heterocycles. The van der Waals surface area contributed by atoms with Gasteiger partial charge in [-0.05, 0) is 45.7 Å². The van der Waals surface area contributed by atoms with Crippen LogP contribution in [0, 0.1) is 6.92 Å². The van der Waals surface area contributed by atoms with Gasteiger partial charge in [-0.25, -0.2) is 9.78 Å². The molecule has 1 aromatic heterocycles. The highest BCUT2D eigenvalue weighted by Crippen LogP contribution is 2.25. The summed E-state index contributed by atoms with van der Waals surface area (Å²) in [5.41, 5.74) is 2.20. The fourth-order valence-electron chi connectivity index (χ4n) is 2.68. The Morgan fingerprint density at radius 2 is 1.92 bits per heavy atom. The van der Waals surface area contributed by atoms with E-state index in [-0.39, 0.29) is 12.5 Å². The minimum atomic E-state index is -0.549. The van der Waals surface area contributed by atoms with E-state index in [1.54, 1.807) is 10.6 Å². The van der Waals surface area contributed by atoms with E-state index in [1.807, 2.05) is 40.7 Å². The van der Waals surface area contributed by atoms with Crippen LogP contribution in [0.15, 0.2) is 12.1 Å². The van der Waals surface area contributed by atoms with Gasteiger partial charge in [0.15, 0.2) is 0 Å². The topological polar surface area (TPSA) is 70.4 Å². The molecule has 6 nitrogen and oxygen atoms in total. The molecule has 0 saturated carbocycles. The zero-order valence-electron chi connectivity index (χ0n) is 15.1. The Morgan fingerprint density at radius 3 is 2.46 bits per heavy atom. The molecule has 130 valence electrons. The van der Waals surface area contributed by atoms with Gasteiger partial charge < -0.3 is 14.0 Å². The molecular weight excluding hydrogens is 308 g/mol. The van der Waals surface area contributed by atoms with Crippen LogP contribution in [-0.2, 0) is 27.2 Å². The number of hydrogen-bond donors (Lipinski definition) is 0. The Balaban J connectivity index is 2.56. The van der Waals surface area contributed by atoms with Crippen molar-refractivity contribution in [3.05, 3.63) is 29.1 Å². The Kier molecular flexibility index (Phi) is 4.96. The second-order valence-electron chi connectivity index (χ2n) is 6.65. The Morgan fingerprint density at radius 1 is 1.25 bits per heavy atom. The number of fused-ring (bicyclic) bond motifs is 1. The second kappa shape index (κ2) is 6.63. The first-order valence-electron chi connectivity index (χ1n) is 7.96. The lowest BCUT2D eigenvalue weighted by Gasteiger charge is -2.20. The molecular formula is C18H24N2O4. The SMILES string of the molecule is CCc1ccc(C(=O)OC)c2nc(C)n(CC(=O)OC(C)(C)C)c12. The number of hydrogen-bond acceptors (Lipinski definition) is 5. The lowest BCUT2D eigenvalue weighted by molar-refractivity contribution is -0.155. The molecule has 0 bridgehead atoms. The maximum atomic E-state index is 12.2. The zero-order valence-corrected chi connectivity index (χ0v) is 15.1. The Hall–Kier alpha value is -2.37. The molecule has 0 fully saturated rings. The lowest BCUT2D eigenvalue weighted by Crippen LogP contribution is -2.26. The maximum absolute atomic E-state index is 12.2. The molecule has 0 N–H and O–H groups in total. The number of aryl methyl sites for hydroxylation is 2. The first kappa shape index (κ1) is 18.0. The van der Waals surface area contributed by atoms with E-state index in [0.717, 1.165) is 17.5 Å². The minimum Gasteiger partial charge on any atom is -0.465 e. The number of rotatable bonds is 4. The van der Waals surface area contributed by atoms with Crippen LogP contribution in [0.5, 0.6) is 0 Å². The minimum absolute atomic E-state index is 0.0528. The van der Waals surface area contributed by atoms with Crippen LogP contribution in [-0.4, -0.2) is 34.2 Å². The molecule has 0 atom stereocenters. The number of methoxy groups -OCH3 is 1. The van der Waals surface area contributed by atoms with Crippen molar-refractivity contribution >= 4 is 23.0 Å². The van der Waals surface area contributed by atoms with Gasteiger partial charge in [0.1, 0.15) is 23.5 Å². The fraction of sp³-hybridized carbons (Fsp3) is 0.500. The van der Waals surface area contributed by atoms with Crippen LogP contribution in [0.2, 0.25) is 0 Å². The van der Waals surface area contributed by atoms with Crippen molar-refractivity contribution in [2.24, 2.45) is 0 Å². The van der Waals surface area contributed by atoms with E-state index in [1.165, 1.54) is 7.11 Å². The molecule has 0 radical (unpaired) electrons. The van der Waals surface area contributed by atoms with Crippen molar-refractivity contribution in [3.63, 3.8) is 0 Å². The van der Waals surface area contributed by atoms with Crippen LogP contribution < -0.4 is 0 Å². The number of ether oxygens (including phenoxy) is 2. The average molecular weight is 332 g/mol. The van der Waals surface area contributed by atoms with Gasteiger partial charge in [0.05, 0.1) is 18.2 Å². The Bertz CT molecular complexity index is 784. The van der Waals surface area contributed by atoms with Crippen molar-refractivity contribution in [1.29, 1.82) is 0 Å². The molecule has 0 aliphatic rings. The van der Waals surface area contributed by atoms with E-state index in [4.69, 9.17) is 9.47 Å². The van der Waals surface area contributed by atoms with Crippen molar-refractivity contribution < 1.29 is 19.1 Å². The summed E-state index contributed by atoms with van der Waals surface area (Å²) in [4.78, 5) is 28.7. The van der Waals surface area contributed by atoms with Crippen LogP contribution in [0.1, 0.15) is 49.4 Å². The van der Waals surface area contributed by atoms with Crippen LogP contribution in [0.25, 0.3) is 11.0 Å². The summed E-state index contributed by atoms with van der Waals surface area (Å²) in [6.45, 7) is 9.37. The van der Waals surface area contributed by atoms with E-state index in [9.17, 15) is 9.59 Å². The number of imidazole rings is 1. The highest BCUT2D eigenvalue weighted by Gasteiger charge is 2.22. The summed E-state index contributed by atoms with van der Waals surface area (Å²) < 4.78 is 12.0. The normalized spacial score (nSPS) is 11.6. The van der Waals surface area contributed by atoms with Gasteiger partial charge in [-0.3, -0.25) is 4.79 Å². The predicted molar refractivity (Wildman–Crippen MR) is 91.0 cm³/mol. The fourth-order valence-corrected chi connectivity index (χ4v) is 2.68. The average Bonchev–Trinajstić information content (AvgIpc) is 2.80. The lowest BCUT2D eigenvalue weighted by atomic mass is 10.1. The molecule has 0 unspecified atom stereocenters. The van der Waals surface area contributed by atoms with Gasteiger partial charge in [0, 0.05) is 0 Å². The number of carbonyl (C=O) groups excluding carboxylic acids is 2. The van der Waals surface area contributed by atoms with E-state index < -0.39 is 11.6 Å². The molecule has 24 heavy (non-hydrogen) atoms. The standard InChI is InChI=1S/C18H24N2O4/c1-7-12-8-9-13(17(22)23-6)15-16(12)20(11(2)19-15)10-14(21)24-18(3,4)5/h8-9H,7,10H2,1-6H3. The molecule has 2 aromatic rings. The number of aromatic nitrogens is 2. The summed E-state index contributed by atoms with van der Waals surface area (Å²) in [5, 5.41) is 0. The first-order chi connectivity index (χ1) is 11.2. The number of carbonyl (C=O) groups is 2. The summed E-state index contributed by atoms with van der Waals surface area (Å²) in [6, 6.07) is 3.60. The van der Waals surface area contributed by atoms with E-state index in [0.29, 0.717) is 16.9 Å². The summed E-state index contributed by atoms with van der Waals surface area (Å²) in [5.74, 6) is -0.123. The summed E-state index contributed by atoms with van der Waals surface area (Å²) in [7, 11) is 1.34. The summed E-state index contributed by atoms with van der Waals surface area (Å²) >= 11 is 0. The second-order valence-corrected chi connectivity index (χ2v) is 6.65. The molecule has 1 aromatic carbocycles. The molecule has 0 amide bonds. The maximum Gasteiger partial charge on any atom is 0.340 e. The van der Waals surface area contributed by atoms with Crippen LogP contribution in [0.3, 0.4) is 0 Å².